The molecule has 0 atom stereocenters. The molecule has 2 aromatic heterocycles. The Morgan fingerprint density at radius 3 is 2.59 bits per heavy atom. The summed E-state index contributed by atoms with van der Waals surface area (Å²) >= 11 is 5.87. The molecule has 0 unspecified atom stereocenters. The van der Waals surface area contributed by atoms with Crippen LogP contribution in [0.3, 0.4) is 0 Å². The molecule has 0 spiro atoms. The van der Waals surface area contributed by atoms with E-state index in [1.165, 1.54) is 13.8 Å². The molecule has 0 radical (unpaired) electrons. The van der Waals surface area contributed by atoms with E-state index in [-0.39, 0.29) is 27.5 Å². The van der Waals surface area contributed by atoms with E-state index in [1.807, 2.05) is 0 Å². The van der Waals surface area contributed by atoms with E-state index in [0.717, 1.165) is 12.1 Å². The number of halogens is 5. The average molecular weight is 499 g/mol. The van der Waals surface area contributed by atoms with E-state index in [0.29, 0.717) is 16.7 Å². The second-order valence-electron chi connectivity index (χ2n) is 7.07. The summed E-state index contributed by atoms with van der Waals surface area (Å²) in [6.45, 7) is 2.54. The van der Waals surface area contributed by atoms with E-state index in [1.54, 1.807) is 6.07 Å². The molecule has 0 saturated heterocycles. The van der Waals surface area contributed by atoms with Gasteiger partial charge in [0.15, 0.2) is 11.4 Å². The molecule has 0 fully saturated rings. The Labute approximate surface area is 193 Å². The number of H-pyrrole nitrogens is 1. The molecule has 1 aromatic carbocycles. The minimum Gasteiger partial charge on any atom is -0.447 e. The molecule has 2 heterocycles. The molecule has 14 heteroatoms. The summed E-state index contributed by atoms with van der Waals surface area (Å²) in [6.07, 6.45) is -3.64. The third-order valence-electron chi connectivity index (χ3n) is 4.69. The number of nitrogens with one attached hydrogen (secondary N) is 1. The molecule has 0 aliphatic carbocycles. The van der Waals surface area contributed by atoms with Gasteiger partial charge in [-0.15, -0.1) is 0 Å². The molecular formula is C20H15ClF4N6O3. The maximum absolute atomic E-state index is 14.3. The Morgan fingerprint density at radius 1 is 1.32 bits per heavy atom. The van der Waals surface area contributed by atoms with Crippen molar-refractivity contribution in [2.24, 2.45) is 0 Å². The van der Waals surface area contributed by atoms with Crippen molar-refractivity contribution in [3.05, 3.63) is 72.5 Å². The van der Waals surface area contributed by atoms with Crippen LogP contribution in [0, 0.1) is 25.2 Å². The highest BCUT2D eigenvalue weighted by atomic mass is 35.5. The van der Waals surface area contributed by atoms with Crippen molar-refractivity contribution in [3.8, 4) is 17.6 Å². The summed E-state index contributed by atoms with van der Waals surface area (Å²) in [6, 6.07) is 3.86. The first-order valence-corrected chi connectivity index (χ1v) is 9.73. The van der Waals surface area contributed by atoms with Crippen LogP contribution in [-0.2, 0) is 12.5 Å². The van der Waals surface area contributed by atoms with Crippen LogP contribution >= 0.6 is 11.6 Å². The minimum atomic E-state index is -4.88. The van der Waals surface area contributed by atoms with Crippen molar-refractivity contribution in [2.75, 3.05) is 5.73 Å². The predicted molar refractivity (Wildman–Crippen MR) is 112 cm³/mol. The van der Waals surface area contributed by atoms with Gasteiger partial charge in [-0.1, -0.05) is 11.6 Å². The van der Waals surface area contributed by atoms with Crippen molar-refractivity contribution in [1.29, 1.82) is 5.26 Å². The number of hydrogen-bond acceptors (Lipinski definition) is 7. The number of ether oxygens (including phenoxy) is 1. The molecule has 9 nitrogen and oxygen atoms in total. The Hall–Kier alpha value is -3.92. The second-order valence-corrected chi connectivity index (χ2v) is 7.51. The molecule has 3 N–H and O–H groups in total. The van der Waals surface area contributed by atoms with E-state index in [9.17, 15) is 27.2 Å². The number of alkyl halides is 4. The quantitative estimate of drug-likeness (QED) is 0.392. The molecule has 0 aliphatic heterocycles. The van der Waals surface area contributed by atoms with Crippen molar-refractivity contribution in [3.63, 3.8) is 0 Å². The lowest BCUT2D eigenvalue weighted by atomic mass is 10.1. The lowest BCUT2D eigenvalue weighted by molar-refractivity contribution is -0.139. The SMILES string of the molecule is Cc1nc(C)c(Cn2cnc(C(F)(F)C(F)F)c(Oc3cc(Cl)cc(C#N)c3N)c2=O)c(=O)[nH]1. The van der Waals surface area contributed by atoms with Crippen molar-refractivity contribution in [1.82, 2.24) is 19.5 Å². The number of rotatable bonds is 6. The van der Waals surface area contributed by atoms with Crippen molar-refractivity contribution < 1.29 is 22.3 Å². The zero-order valence-corrected chi connectivity index (χ0v) is 18.3. The molecule has 0 saturated carbocycles. The Kier molecular flexibility index (Phi) is 6.65. The first-order chi connectivity index (χ1) is 15.9. The summed E-state index contributed by atoms with van der Waals surface area (Å²) in [5, 5.41) is 9.05. The molecule has 0 bridgehead atoms. The third kappa shape index (κ3) is 4.58. The second kappa shape index (κ2) is 9.14. The molecule has 3 rings (SSSR count). The number of aryl methyl sites for hydroxylation is 2. The Balaban J connectivity index is 2.23. The normalized spacial score (nSPS) is 11.5. The summed E-state index contributed by atoms with van der Waals surface area (Å²) < 4.78 is 60.7. The van der Waals surface area contributed by atoms with E-state index in [2.05, 4.69) is 15.0 Å². The van der Waals surface area contributed by atoms with Gasteiger partial charge in [-0.3, -0.25) is 14.2 Å². The van der Waals surface area contributed by atoms with Gasteiger partial charge in [-0.2, -0.15) is 14.0 Å². The molecule has 0 amide bonds. The van der Waals surface area contributed by atoms with Crippen LogP contribution in [0.5, 0.6) is 11.5 Å². The van der Waals surface area contributed by atoms with Gasteiger partial charge >= 0.3 is 12.3 Å². The highest BCUT2D eigenvalue weighted by Crippen LogP contribution is 2.40. The monoisotopic (exact) mass is 498 g/mol. The zero-order chi connectivity index (χ0) is 25.4. The predicted octanol–water partition coefficient (Wildman–Crippen LogP) is 3.25. The number of aromatic amines is 1. The van der Waals surface area contributed by atoms with Gasteiger partial charge in [-0.25, -0.2) is 18.7 Å². The maximum Gasteiger partial charge on any atom is 0.352 e. The van der Waals surface area contributed by atoms with Crippen LogP contribution in [0.1, 0.15) is 28.3 Å². The summed E-state index contributed by atoms with van der Waals surface area (Å²) in [4.78, 5) is 35.2. The fraction of sp³-hybridized carbons (Fsp3) is 0.250. The van der Waals surface area contributed by atoms with Gasteiger partial charge in [0.1, 0.15) is 11.9 Å². The van der Waals surface area contributed by atoms with E-state index >= 15 is 0 Å². The van der Waals surface area contributed by atoms with Gasteiger partial charge in [0.25, 0.3) is 11.1 Å². The molecule has 34 heavy (non-hydrogen) atoms. The summed E-state index contributed by atoms with van der Waals surface area (Å²) in [5.74, 6) is -6.35. The van der Waals surface area contributed by atoms with Crippen LogP contribution in [-0.4, -0.2) is 25.9 Å². The number of benzene rings is 1. The van der Waals surface area contributed by atoms with Crippen LogP contribution in [0.2, 0.25) is 5.02 Å². The Morgan fingerprint density at radius 2 is 2.00 bits per heavy atom. The maximum atomic E-state index is 14.3. The first kappa shape index (κ1) is 24.7. The smallest absolute Gasteiger partial charge is 0.352 e. The largest absolute Gasteiger partial charge is 0.447 e. The number of nitrogens with zero attached hydrogens (tertiary/aromatic N) is 4. The molecule has 3 aromatic rings. The number of nitrogens with two attached hydrogens (primary N) is 1. The van der Waals surface area contributed by atoms with Crippen molar-refractivity contribution in [2.45, 2.75) is 32.7 Å². The van der Waals surface area contributed by atoms with Crippen LogP contribution in [0.25, 0.3) is 0 Å². The van der Waals surface area contributed by atoms with Crippen LogP contribution < -0.4 is 21.6 Å². The van der Waals surface area contributed by atoms with Gasteiger partial charge in [0, 0.05) is 16.8 Å². The fourth-order valence-corrected chi connectivity index (χ4v) is 3.21. The molecular weight excluding hydrogens is 484 g/mol. The standard InChI is InChI=1S/C20H15ClF4N6O3/c1-8-12(17(32)30-9(2)29-8)6-31-7-28-16(20(24,25)19(22)23)15(18(31)33)34-13-4-11(21)3-10(5-26)14(13)27/h3-4,7,19H,6,27H2,1-2H3,(H,29,30,32). The summed E-state index contributed by atoms with van der Waals surface area (Å²) in [7, 11) is 0. The lowest BCUT2D eigenvalue weighted by Gasteiger charge is -2.19. The number of anilines is 1. The minimum absolute atomic E-state index is 0.00264. The van der Waals surface area contributed by atoms with E-state index in [4.69, 9.17) is 27.3 Å². The summed E-state index contributed by atoms with van der Waals surface area (Å²) in [5.41, 5.74) is 1.87. The highest BCUT2D eigenvalue weighted by molar-refractivity contribution is 6.31. The molecule has 0 aliphatic rings. The Bertz CT molecular complexity index is 1430. The van der Waals surface area contributed by atoms with E-state index < -0.39 is 47.2 Å². The van der Waals surface area contributed by atoms with Gasteiger partial charge in [0.2, 0.25) is 5.75 Å². The van der Waals surface area contributed by atoms with Crippen LogP contribution in [0.15, 0.2) is 28.0 Å². The lowest BCUT2D eigenvalue weighted by Crippen LogP contribution is -2.33. The van der Waals surface area contributed by atoms with Gasteiger partial charge in [-0.05, 0) is 19.9 Å². The number of nitrogen functional groups attached to an aromatic ring is 1. The third-order valence-corrected chi connectivity index (χ3v) is 4.91. The van der Waals surface area contributed by atoms with Gasteiger partial charge < -0.3 is 15.5 Å². The molecule has 178 valence electrons. The highest BCUT2D eigenvalue weighted by Gasteiger charge is 2.48. The topological polar surface area (TPSA) is 140 Å². The average Bonchev–Trinajstić information content (AvgIpc) is 2.74. The number of hydrogen-bond donors (Lipinski definition) is 2. The fourth-order valence-electron chi connectivity index (χ4n) is 3.00. The number of nitriles is 1. The van der Waals surface area contributed by atoms with Crippen LogP contribution in [0.4, 0.5) is 23.2 Å². The first-order valence-electron chi connectivity index (χ1n) is 9.36. The zero-order valence-electron chi connectivity index (χ0n) is 17.5. The van der Waals surface area contributed by atoms with Crippen molar-refractivity contribution >= 4 is 17.3 Å². The van der Waals surface area contributed by atoms with Gasteiger partial charge in [0.05, 0.1) is 29.7 Å². The number of aromatic nitrogens is 4.